The van der Waals surface area contributed by atoms with Gasteiger partial charge in [0.25, 0.3) is 0 Å². The highest BCUT2D eigenvalue weighted by Gasteiger charge is 2.68. The van der Waals surface area contributed by atoms with Crippen molar-refractivity contribution in [1.82, 2.24) is 10.3 Å². The zero-order valence-electron chi connectivity index (χ0n) is 22.6. The van der Waals surface area contributed by atoms with Crippen LogP contribution in [0.3, 0.4) is 0 Å². The second kappa shape index (κ2) is 10.2. The molecule has 7 heteroatoms. The molecule has 1 aromatic carbocycles. The Labute approximate surface area is 228 Å². The number of hydrogen-bond acceptors (Lipinski definition) is 5. The molecule has 5 rings (SSSR count). The number of fused-ring (bicyclic) bond motifs is 1. The Morgan fingerprint density at radius 1 is 1.10 bits per heavy atom. The maximum absolute atomic E-state index is 14.1. The van der Waals surface area contributed by atoms with Gasteiger partial charge in [-0.25, -0.2) is 0 Å². The first-order chi connectivity index (χ1) is 18.6. The van der Waals surface area contributed by atoms with E-state index in [-0.39, 0.29) is 11.8 Å². The average Bonchev–Trinajstić information content (AvgIpc) is 3.45. The van der Waals surface area contributed by atoms with Crippen molar-refractivity contribution in [2.75, 3.05) is 0 Å². The van der Waals surface area contributed by atoms with Crippen molar-refractivity contribution in [1.29, 1.82) is 0 Å². The maximum Gasteiger partial charge on any atom is 0.235 e. The smallest absolute Gasteiger partial charge is 0.235 e. The largest absolute Gasteiger partial charge is 0.388 e. The number of carbonyl (C=O) groups is 3. The van der Waals surface area contributed by atoms with Crippen molar-refractivity contribution in [3.8, 4) is 0 Å². The number of aliphatic hydroxyl groups excluding tert-OH is 2. The van der Waals surface area contributed by atoms with E-state index in [0.29, 0.717) is 24.0 Å². The topological polar surface area (TPSA) is 119 Å². The maximum atomic E-state index is 14.1. The van der Waals surface area contributed by atoms with Crippen LogP contribution in [0.4, 0.5) is 0 Å². The second-order valence-corrected chi connectivity index (χ2v) is 11.4. The third-order valence-electron chi connectivity index (χ3n) is 9.04. The molecule has 1 saturated heterocycles. The number of aliphatic hydroxyl groups is 2. The Morgan fingerprint density at radius 2 is 1.85 bits per heavy atom. The number of aromatic amines is 1. The summed E-state index contributed by atoms with van der Waals surface area (Å²) < 4.78 is 0. The fraction of sp³-hybridized carbons (Fsp3) is 0.406. The summed E-state index contributed by atoms with van der Waals surface area (Å²) in [7, 11) is 0. The molecule has 0 unspecified atom stereocenters. The van der Waals surface area contributed by atoms with Gasteiger partial charge in [0.05, 0.1) is 6.10 Å². The van der Waals surface area contributed by atoms with E-state index >= 15 is 0 Å². The SMILES string of the molecule is C=C1[C@@H](C)[C@H]2[C@H](Cc3c[nH]c4ccccc34)NC(=O)[C@]23C(=O)C=CC(=O)[C@H](O)/C(C)=C\[C@@H](C)CC=C[C@H]3[C@@H]1O. The molecule has 0 radical (unpaired) electrons. The first-order valence-corrected chi connectivity index (χ1v) is 13.6. The summed E-state index contributed by atoms with van der Waals surface area (Å²) in [6, 6.07) is 7.53. The number of aromatic nitrogens is 1. The number of para-hydroxylation sites is 1. The number of nitrogens with one attached hydrogen (secondary N) is 2. The van der Waals surface area contributed by atoms with Gasteiger partial charge in [-0.1, -0.05) is 56.9 Å². The van der Waals surface area contributed by atoms with E-state index in [0.717, 1.165) is 28.6 Å². The number of hydrogen-bond donors (Lipinski definition) is 4. The minimum Gasteiger partial charge on any atom is -0.388 e. The van der Waals surface area contributed by atoms with E-state index in [4.69, 9.17) is 0 Å². The van der Waals surface area contributed by atoms with Crippen molar-refractivity contribution in [2.24, 2.45) is 29.1 Å². The first-order valence-electron chi connectivity index (χ1n) is 13.6. The first kappa shape index (κ1) is 27.0. The van der Waals surface area contributed by atoms with Gasteiger partial charge in [0.1, 0.15) is 11.5 Å². The molecule has 1 amide bonds. The van der Waals surface area contributed by atoms with Gasteiger partial charge < -0.3 is 20.5 Å². The summed E-state index contributed by atoms with van der Waals surface area (Å²) in [4.78, 5) is 44.2. The zero-order chi connectivity index (χ0) is 28.1. The highest BCUT2D eigenvalue weighted by molar-refractivity contribution is 6.15. The lowest BCUT2D eigenvalue weighted by molar-refractivity contribution is -0.148. The van der Waals surface area contributed by atoms with Crippen LogP contribution in [0.25, 0.3) is 10.9 Å². The molecular formula is C32H36N2O5. The summed E-state index contributed by atoms with van der Waals surface area (Å²) in [6.07, 6.45) is 8.17. The van der Waals surface area contributed by atoms with Crippen LogP contribution >= 0.6 is 0 Å². The fourth-order valence-corrected chi connectivity index (χ4v) is 7.01. The van der Waals surface area contributed by atoms with E-state index in [1.807, 2.05) is 56.5 Å². The predicted octanol–water partition coefficient (Wildman–Crippen LogP) is 3.59. The minimum absolute atomic E-state index is 0.00855. The molecule has 0 bridgehead atoms. The molecule has 1 aliphatic heterocycles. The zero-order valence-corrected chi connectivity index (χ0v) is 22.6. The average molecular weight is 529 g/mol. The molecule has 2 aliphatic carbocycles. The van der Waals surface area contributed by atoms with Gasteiger partial charge in [0.2, 0.25) is 5.91 Å². The molecule has 39 heavy (non-hydrogen) atoms. The fourth-order valence-electron chi connectivity index (χ4n) is 7.01. The number of ketones is 2. The lowest BCUT2D eigenvalue weighted by Crippen LogP contribution is -2.58. The molecule has 3 aliphatic rings. The standard InChI is InChI=1S/C32H36N2O5/c1-17-8-7-10-23-30(38)20(4)19(3)28-25(15-21-16-33-24-11-6-5-9-22(21)24)34-31(39)32(23,28)27(36)13-12-26(35)29(37)18(2)14-17/h5-7,9-14,16-17,19,23,25,28-30,33,37-38H,4,8,15H2,1-3H3,(H,34,39)/b10-7?,13-12?,18-14-/t17-,19+,23-,25-,28-,29+,30+,32+/m0/s1. The van der Waals surface area contributed by atoms with Gasteiger partial charge in [-0.15, -0.1) is 0 Å². The van der Waals surface area contributed by atoms with Gasteiger partial charge in [0.15, 0.2) is 11.6 Å². The molecular weight excluding hydrogens is 492 g/mol. The molecule has 2 heterocycles. The van der Waals surface area contributed by atoms with Gasteiger partial charge >= 0.3 is 0 Å². The van der Waals surface area contributed by atoms with E-state index in [1.165, 1.54) is 0 Å². The lowest BCUT2D eigenvalue weighted by atomic mass is 9.52. The monoisotopic (exact) mass is 528 g/mol. The molecule has 8 atom stereocenters. The molecule has 1 spiro atoms. The van der Waals surface area contributed by atoms with E-state index in [2.05, 4.69) is 16.9 Å². The summed E-state index contributed by atoms with van der Waals surface area (Å²) >= 11 is 0. The van der Waals surface area contributed by atoms with Crippen molar-refractivity contribution >= 4 is 28.4 Å². The lowest BCUT2D eigenvalue weighted by Gasteiger charge is -2.48. The Hall–Kier alpha value is -3.55. The summed E-state index contributed by atoms with van der Waals surface area (Å²) in [5.74, 6) is -3.34. The second-order valence-electron chi connectivity index (χ2n) is 11.4. The third-order valence-corrected chi connectivity index (χ3v) is 9.04. The van der Waals surface area contributed by atoms with Crippen LogP contribution in [0, 0.1) is 29.1 Å². The van der Waals surface area contributed by atoms with Crippen LogP contribution in [0.5, 0.6) is 0 Å². The minimum atomic E-state index is -1.63. The van der Waals surface area contributed by atoms with Crippen LogP contribution < -0.4 is 5.32 Å². The van der Waals surface area contributed by atoms with E-state index in [9.17, 15) is 24.6 Å². The van der Waals surface area contributed by atoms with Crippen molar-refractivity contribution in [3.63, 3.8) is 0 Å². The van der Waals surface area contributed by atoms with Gasteiger partial charge in [-0.05, 0) is 66.5 Å². The van der Waals surface area contributed by atoms with E-state index < -0.39 is 53.0 Å². The predicted molar refractivity (Wildman–Crippen MR) is 149 cm³/mol. The Balaban J connectivity index is 1.63. The summed E-state index contributed by atoms with van der Waals surface area (Å²) in [5.41, 5.74) is 1.46. The Morgan fingerprint density at radius 3 is 2.62 bits per heavy atom. The Bertz CT molecular complexity index is 1430. The van der Waals surface area contributed by atoms with Crippen molar-refractivity contribution in [3.05, 3.63) is 84.1 Å². The number of H-pyrrole nitrogens is 1. The van der Waals surface area contributed by atoms with Crippen LogP contribution in [0.2, 0.25) is 0 Å². The quantitative estimate of drug-likeness (QED) is 0.351. The number of rotatable bonds is 2. The number of allylic oxidation sites excluding steroid dienone is 3. The molecule has 204 valence electrons. The highest BCUT2D eigenvalue weighted by Crippen LogP contribution is 2.56. The third kappa shape index (κ3) is 4.34. The molecule has 1 aromatic heterocycles. The molecule has 2 aromatic rings. The van der Waals surface area contributed by atoms with Crippen molar-refractivity contribution < 1.29 is 24.6 Å². The van der Waals surface area contributed by atoms with E-state index in [1.54, 1.807) is 13.0 Å². The van der Waals surface area contributed by atoms with Crippen molar-refractivity contribution in [2.45, 2.75) is 51.9 Å². The van der Waals surface area contributed by atoms with Crippen LogP contribution in [0.1, 0.15) is 32.8 Å². The normalized spacial score (nSPS) is 36.8. The summed E-state index contributed by atoms with van der Waals surface area (Å²) in [6.45, 7) is 9.74. The Kier molecular flexibility index (Phi) is 7.08. The summed E-state index contributed by atoms with van der Waals surface area (Å²) in [5, 5.41) is 26.1. The molecule has 7 nitrogen and oxygen atoms in total. The molecule has 2 fully saturated rings. The van der Waals surface area contributed by atoms with Gasteiger partial charge in [-0.3, -0.25) is 14.4 Å². The van der Waals surface area contributed by atoms with Gasteiger partial charge in [-0.2, -0.15) is 0 Å². The number of carbonyl (C=O) groups excluding carboxylic acids is 3. The van der Waals surface area contributed by atoms with Crippen LogP contribution in [-0.2, 0) is 20.8 Å². The van der Waals surface area contributed by atoms with Crippen LogP contribution in [0.15, 0.2) is 78.6 Å². The molecule has 4 N–H and O–H groups in total. The van der Waals surface area contributed by atoms with Crippen LogP contribution in [-0.4, -0.2) is 50.9 Å². The highest BCUT2D eigenvalue weighted by atomic mass is 16.3. The molecule has 1 saturated carbocycles. The number of amides is 1. The number of benzene rings is 1. The van der Waals surface area contributed by atoms with Gasteiger partial charge in [0, 0.05) is 35.0 Å².